The molecule has 0 aromatic rings. The van der Waals surface area contributed by atoms with E-state index in [1.165, 1.54) is 0 Å². The van der Waals surface area contributed by atoms with Crippen LogP contribution in [-0.4, -0.2) is 35.4 Å². The van der Waals surface area contributed by atoms with E-state index in [0.717, 1.165) is 25.7 Å². The topological polar surface area (TPSA) is 83.8 Å². The number of unbranched alkanes of at least 4 members (excludes halogenated alkanes) is 2. The smallest absolute Gasteiger partial charge is 0.306 e. The van der Waals surface area contributed by atoms with Crippen molar-refractivity contribution in [2.24, 2.45) is 11.8 Å². The Hall–Kier alpha value is -1.10. The minimum Gasteiger partial charge on any atom is -0.481 e. The van der Waals surface area contributed by atoms with Crippen LogP contribution in [0.4, 0.5) is 0 Å². The van der Waals surface area contributed by atoms with Crippen molar-refractivity contribution in [3.63, 3.8) is 0 Å². The van der Waals surface area contributed by atoms with Gasteiger partial charge in [0, 0.05) is 13.2 Å². The fourth-order valence-corrected chi connectivity index (χ4v) is 2.24. The number of carbonyl (C=O) groups is 2. The van der Waals surface area contributed by atoms with Crippen molar-refractivity contribution in [3.8, 4) is 0 Å². The lowest BCUT2D eigenvalue weighted by Gasteiger charge is -2.14. The van der Waals surface area contributed by atoms with E-state index in [1.807, 2.05) is 13.8 Å². The first kappa shape index (κ1) is 19.9. The van der Waals surface area contributed by atoms with Gasteiger partial charge in [0.05, 0.1) is 11.8 Å². The van der Waals surface area contributed by atoms with Gasteiger partial charge in [0.15, 0.2) is 0 Å². The summed E-state index contributed by atoms with van der Waals surface area (Å²) < 4.78 is 5.43. The molecule has 0 aromatic carbocycles. The summed E-state index contributed by atoms with van der Waals surface area (Å²) >= 11 is 0. The number of ether oxygens (including phenoxy) is 1. The molecule has 0 aromatic heterocycles. The van der Waals surface area contributed by atoms with Crippen LogP contribution in [0.15, 0.2) is 0 Å². The van der Waals surface area contributed by atoms with Crippen LogP contribution in [0.25, 0.3) is 0 Å². The Labute approximate surface area is 127 Å². The van der Waals surface area contributed by atoms with Gasteiger partial charge in [0.2, 0.25) is 0 Å². The first-order chi connectivity index (χ1) is 10.0. The third-order valence-corrected chi connectivity index (χ3v) is 3.73. The van der Waals surface area contributed by atoms with Crippen LogP contribution in [-0.2, 0) is 14.3 Å². The molecular weight excluding hydrogens is 272 g/mol. The summed E-state index contributed by atoms with van der Waals surface area (Å²) in [7, 11) is 0. The zero-order chi connectivity index (χ0) is 16.1. The Bertz CT molecular complexity index is 262. The van der Waals surface area contributed by atoms with Crippen LogP contribution >= 0.6 is 0 Å². The van der Waals surface area contributed by atoms with E-state index in [2.05, 4.69) is 0 Å². The fourth-order valence-electron chi connectivity index (χ4n) is 2.24. The van der Waals surface area contributed by atoms with Crippen LogP contribution < -0.4 is 0 Å². The molecule has 21 heavy (non-hydrogen) atoms. The van der Waals surface area contributed by atoms with Gasteiger partial charge in [0.1, 0.15) is 0 Å². The highest BCUT2D eigenvalue weighted by atomic mass is 16.5. The van der Waals surface area contributed by atoms with Gasteiger partial charge in [-0.3, -0.25) is 9.59 Å². The maximum Gasteiger partial charge on any atom is 0.306 e. The molecule has 0 aliphatic rings. The third kappa shape index (κ3) is 10.3. The maximum atomic E-state index is 11.1. The molecule has 0 rings (SSSR count). The van der Waals surface area contributed by atoms with Gasteiger partial charge < -0.3 is 14.9 Å². The minimum absolute atomic E-state index is 0.347. The Kier molecular flexibility index (Phi) is 12.0. The molecule has 0 bridgehead atoms. The maximum absolute atomic E-state index is 11.1. The second-order valence-corrected chi connectivity index (χ2v) is 5.54. The molecule has 0 fully saturated rings. The third-order valence-electron chi connectivity index (χ3n) is 3.73. The van der Waals surface area contributed by atoms with E-state index in [1.54, 1.807) is 0 Å². The summed E-state index contributed by atoms with van der Waals surface area (Å²) in [4.78, 5) is 22.1. The fraction of sp³-hybridized carbons (Fsp3) is 0.875. The van der Waals surface area contributed by atoms with Crippen LogP contribution in [0, 0.1) is 11.8 Å². The summed E-state index contributed by atoms with van der Waals surface area (Å²) in [5.74, 6) is -2.22. The normalized spacial score (nSPS) is 13.8. The second-order valence-electron chi connectivity index (χ2n) is 5.54. The van der Waals surface area contributed by atoms with E-state index in [4.69, 9.17) is 14.9 Å². The van der Waals surface area contributed by atoms with Gasteiger partial charge in [0.25, 0.3) is 0 Å². The molecule has 0 saturated heterocycles. The van der Waals surface area contributed by atoms with Crippen molar-refractivity contribution in [2.45, 2.75) is 65.2 Å². The summed E-state index contributed by atoms with van der Waals surface area (Å²) in [6.45, 7) is 4.86. The Morgan fingerprint density at radius 3 is 1.48 bits per heavy atom. The van der Waals surface area contributed by atoms with Gasteiger partial charge in [-0.25, -0.2) is 0 Å². The van der Waals surface area contributed by atoms with Crippen molar-refractivity contribution in [1.29, 1.82) is 0 Å². The van der Waals surface area contributed by atoms with E-state index >= 15 is 0 Å². The van der Waals surface area contributed by atoms with Gasteiger partial charge in [-0.2, -0.15) is 0 Å². The molecule has 0 amide bonds. The average molecular weight is 302 g/mol. The zero-order valence-electron chi connectivity index (χ0n) is 13.3. The van der Waals surface area contributed by atoms with Gasteiger partial charge in [-0.15, -0.1) is 0 Å². The highest BCUT2D eigenvalue weighted by Gasteiger charge is 2.18. The Balaban J connectivity index is 3.85. The number of aliphatic carboxylic acids is 2. The predicted octanol–water partition coefficient (Wildman–Crippen LogP) is 3.57. The molecule has 0 aliphatic carbocycles. The molecule has 5 nitrogen and oxygen atoms in total. The lowest BCUT2D eigenvalue weighted by atomic mass is 9.98. The van der Waals surface area contributed by atoms with E-state index in [0.29, 0.717) is 38.9 Å². The van der Waals surface area contributed by atoms with Crippen molar-refractivity contribution < 1.29 is 24.5 Å². The summed E-state index contributed by atoms with van der Waals surface area (Å²) in [5.41, 5.74) is 0. The summed E-state index contributed by atoms with van der Waals surface area (Å²) in [5, 5.41) is 18.2. The molecule has 0 spiro atoms. The molecule has 0 radical (unpaired) electrons. The Morgan fingerprint density at radius 2 is 1.19 bits per heavy atom. The lowest BCUT2D eigenvalue weighted by Crippen LogP contribution is -2.18. The van der Waals surface area contributed by atoms with Crippen LogP contribution in [0.1, 0.15) is 65.2 Å². The molecule has 2 N–H and O–H groups in total. The largest absolute Gasteiger partial charge is 0.481 e. The van der Waals surface area contributed by atoms with Gasteiger partial charge in [-0.1, -0.05) is 39.5 Å². The van der Waals surface area contributed by atoms with E-state index < -0.39 is 11.9 Å². The highest BCUT2D eigenvalue weighted by Crippen LogP contribution is 2.15. The number of carboxylic acids is 2. The van der Waals surface area contributed by atoms with E-state index in [-0.39, 0.29) is 11.8 Å². The first-order valence-corrected chi connectivity index (χ1v) is 8.06. The van der Waals surface area contributed by atoms with Crippen molar-refractivity contribution in [3.05, 3.63) is 0 Å². The number of hydrogen-bond donors (Lipinski definition) is 2. The van der Waals surface area contributed by atoms with Crippen molar-refractivity contribution >= 4 is 11.9 Å². The van der Waals surface area contributed by atoms with Crippen molar-refractivity contribution in [2.75, 3.05) is 13.2 Å². The molecule has 2 atom stereocenters. The van der Waals surface area contributed by atoms with Gasteiger partial charge >= 0.3 is 11.9 Å². The van der Waals surface area contributed by atoms with Crippen LogP contribution in [0.2, 0.25) is 0 Å². The summed E-state index contributed by atoms with van der Waals surface area (Å²) in [6, 6.07) is 0. The Morgan fingerprint density at radius 1 is 0.810 bits per heavy atom. The highest BCUT2D eigenvalue weighted by molar-refractivity contribution is 5.70. The first-order valence-electron chi connectivity index (χ1n) is 8.06. The molecular formula is C16H30O5. The molecule has 5 heteroatoms. The predicted molar refractivity (Wildman–Crippen MR) is 81.4 cm³/mol. The molecule has 0 saturated carbocycles. The number of carboxylic acid groups (broad SMARTS) is 2. The summed E-state index contributed by atoms with van der Waals surface area (Å²) in [6.07, 6.45) is 6.17. The minimum atomic E-state index is -0.765. The lowest BCUT2D eigenvalue weighted by molar-refractivity contribution is -0.143. The van der Waals surface area contributed by atoms with E-state index in [9.17, 15) is 9.59 Å². The number of hydrogen-bond acceptors (Lipinski definition) is 3. The second kappa shape index (κ2) is 12.6. The molecule has 0 heterocycles. The molecule has 0 aliphatic heterocycles. The zero-order valence-corrected chi connectivity index (χ0v) is 13.3. The SMILES string of the molecule is CCCCC(CCOCCC(CCCC)C(=O)O)C(=O)O. The van der Waals surface area contributed by atoms with Crippen LogP contribution in [0.5, 0.6) is 0 Å². The standard InChI is InChI=1S/C16H30O5/c1-3-5-7-13(15(17)18)9-11-21-12-10-14(16(19)20)8-6-4-2/h13-14H,3-12H2,1-2H3,(H,17,18)(H,19,20). The van der Waals surface area contributed by atoms with Crippen molar-refractivity contribution in [1.82, 2.24) is 0 Å². The quantitative estimate of drug-likeness (QED) is 0.479. The molecule has 124 valence electrons. The molecule has 2 unspecified atom stereocenters. The van der Waals surface area contributed by atoms with Gasteiger partial charge in [-0.05, 0) is 25.7 Å². The monoisotopic (exact) mass is 302 g/mol. The van der Waals surface area contributed by atoms with Crippen LogP contribution in [0.3, 0.4) is 0 Å². The number of rotatable bonds is 14. The average Bonchev–Trinajstić information content (AvgIpc) is 2.44.